The van der Waals surface area contributed by atoms with Gasteiger partial charge in [0.25, 0.3) is 0 Å². The largest absolute Gasteiger partial charge is 0.507 e. The average molecular weight is 681 g/mol. The van der Waals surface area contributed by atoms with E-state index in [-0.39, 0.29) is 30.1 Å². The zero-order valence-corrected chi connectivity index (χ0v) is 29.4. The van der Waals surface area contributed by atoms with Crippen molar-refractivity contribution in [2.24, 2.45) is 34.5 Å². The quantitative estimate of drug-likeness (QED) is 0.222. The van der Waals surface area contributed by atoms with Crippen LogP contribution < -0.4 is 0 Å². The number of carbonyl (C=O) groups excluding carboxylic acids is 6. The smallest absolute Gasteiger partial charge is 0.305 e. The number of phenolic OH excluding ortho intramolecular Hbond substituents is 1. The first-order valence-electron chi connectivity index (χ1n) is 17.4. The number of hydrogen-bond donors (Lipinski definition) is 2. The standard InChI is InChI=1S/C41H44O9/c1-7-50-30(44)14-10-11-23-15-16-26(25-13-9-8-12-24(23)25)27-17-18-29(43)32-28(27)19-39(5)20-40(6)33(21(2)3)35(45)31(22(4)42)37(47)41(40,49)38(48)34(39)36(32)46/h8-9,12-13,15-18,21,31,33-34,43,49H,7,10-11,14,19-20H2,1-6H3/t31?,33?,34?,39-,40-,41+/m1/s1. The summed E-state index contributed by atoms with van der Waals surface area (Å²) in [5, 5.41) is 25.3. The number of aryl methyl sites for hydroxylation is 1. The normalized spacial score (nSPS) is 29.1. The van der Waals surface area contributed by atoms with Crippen LogP contribution in [0.4, 0.5) is 0 Å². The van der Waals surface area contributed by atoms with Crippen LogP contribution in [0, 0.1) is 34.5 Å². The van der Waals surface area contributed by atoms with Gasteiger partial charge in [0.05, 0.1) is 18.1 Å². The van der Waals surface area contributed by atoms with Gasteiger partial charge in [-0.05, 0) is 90.0 Å². The number of fused-ring (bicyclic) bond motifs is 4. The first-order chi connectivity index (χ1) is 23.5. The molecule has 3 aliphatic rings. The molecule has 6 rings (SSSR count). The average Bonchev–Trinajstić information content (AvgIpc) is 3.03. The van der Waals surface area contributed by atoms with Crippen LogP contribution in [0.1, 0.15) is 82.3 Å². The van der Waals surface area contributed by atoms with Crippen molar-refractivity contribution in [1.29, 1.82) is 0 Å². The molecule has 6 atom stereocenters. The number of carbonyl (C=O) groups is 6. The summed E-state index contributed by atoms with van der Waals surface area (Å²) in [6.07, 6.45) is 1.69. The maximum atomic E-state index is 14.6. The molecule has 0 spiro atoms. The molecule has 0 amide bonds. The van der Waals surface area contributed by atoms with Crippen LogP contribution in [0.5, 0.6) is 5.75 Å². The van der Waals surface area contributed by atoms with E-state index >= 15 is 0 Å². The summed E-state index contributed by atoms with van der Waals surface area (Å²) in [5.41, 5.74) is -2.38. The van der Waals surface area contributed by atoms with E-state index in [2.05, 4.69) is 0 Å². The number of ketones is 5. The minimum absolute atomic E-state index is 0.0156. The second-order valence-electron chi connectivity index (χ2n) is 15.3. The van der Waals surface area contributed by atoms with Gasteiger partial charge in [0.2, 0.25) is 0 Å². The van der Waals surface area contributed by atoms with Crippen LogP contribution in [0.2, 0.25) is 0 Å². The highest BCUT2D eigenvalue weighted by atomic mass is 16.5. The fourth-order valence-corrected chi connectivity index (χ4v) is 9.86. The molecule has 3 aliphatic carbocycles. The van der Waals surface area contributed by atoms with Gasteiger partial charge >= 0.3 is 5.97 Å². The lowest BCUT2D eigenvalue weighted by Crippen LogP contribution is -2.76. The topological polar surface area (TPSA) is 152 Å². The molecule has 0 aliphatic heterocycles. The maximum absolute atomic E-state index is 14.6. The molecule has 2 saturated carbocycles. The predicted octanol–water partition coefficient (Wildman–Crippen LogP) is 5.80. The molecule has 3 aromatic carbocycles. The first-order valence-corrected chi connectivity index (χ1v) is 17.4. The van der Waals surface area contributed by atoms with Gasteiger partial charge in [-0.25, -0.2) is 0 Å². The molecule has 2 N–H and O–H groups in total. The number of Topliss-reactive ketones (excluding diaryl/α,β-unsaturated/α-hetero) is 5. The van der Waals surface area contributed by atoms with Gasteiger partial charge in [0.15, 0.2) is 28.7 Å². The van der Waals surface area contributed by atoms with Crippen molar-refractivity contribution in [1.82, 2.24) is 0 Å². The Morgan fingerprint density at radius 1 is 0.940 bits per heavy atom. The van der Waals surface area contributed by atoms with Crippen molar-refractivity contribution in [2.45, 2.75) is 79.2 Å². The van der Waals surface area contributed by atoms with Gasteiger partial charge in [0.1, 0.15) is 17.5 Å². The van der Waals surface area contributed by atoms with Gasteiger partial charge in [-0.2, -0.15) is 0 Å². The Hall–Kier alpha value is -4.50. The summed E-state index contributed by atoms with van der Waals surface area (Å²) in [4.78, 5) is 81.5. The number of phenols is 1. The Kier molecular flexibility index (Phi) is 8.74. The zero-order chi connectivity index (χ0) is 36.5. The third-order valence-electron chi connectivity index (χ3n) is 11.7. The summed E-state index contributed by atoms with van der Waals surface area (Å²) < 4.78 is 5.08. The number of aliphatic hydroxyl groups is 1. The van der Waals surface area contributed by atoms with Crippen LogP contribution in [0.15, 0.2) is 48.5 Å². The van der Waals surface area contributed by atoms with E-state index in [0.29, 0.717) is 37.0 Å². The molecule has 50 heavy (non-hydrogen) atoms. The molecule has 262 valence electrons. The highest BCUT2D eigenvalue weighted by Gasteiger charge is 2.76. The molecule has 2 fully saturated rings. The number of aromatic hydroxyl groups is 1. The van der Waals surface area contributed by atoms with Crippen molar-refractivity contribution < 1.29 is 43.7 Å². The minimum atomic E-state index is -2.74. The first kappa shape index (κ1) is 35.3. The summed E-state index contributed by atoms with van der Waals surface area (Å²) in [7, 11) is 0. The molecule has 9 nitrogen and oxygen atoms in total. The van der Waals surface area contributed by atoms with Crippen LogP contribution in [0.3, 0.4) is 0 Å². The lowest BCUT2D eigenvalue weighted by atomic mass is 9.40. The van der Waals surface area contributed by atoms with Crippen LogP contribution in [-0.2, 0) is 41.6 Å². The Morgan fingerprint density at radius 3 is 2.24 bits per heavy atom. The number of rotatable bonds is 8. The van der Waals surface area contributed by atoms with E-state index in [4.69, 9.17) is 4.74 Å². The highest BCUT2D eigenvalue weighted by molar-refractivity contribution is 6.32. The van der Waals surface area contributed by atoms with Gasteiger partial charge in [-0.3, -0.25) is 28.8 Å². The van der Waals surface area contributed by atoms with Crippen molar-refractivity contribution in [3.05, 3.63) is 65.2 Å². The Balaban J connectivity index is 1.48. The second-order valence-corrected chi connectivity index (χ2v) is 15.3. The lowest BCUT2D eigenvalue weighted by molar-refractivity contribution is -0.205. The van der Waals surface area contributed by atoms with Gasteiger partial charge in [-0.1, -0.05) is 70.2 Å². The van der Waals surface area contributed by atoms with Crippen LogP contribution >= 0.6 is 0 Å². The molecule has 3 aromatic rings. The molecular formula is C41H44O9. The molecule has 0 saturated heterocycles. The van der Waals surface area contributed by atoms with E-state index < -0.39 is 69.0 Å². The molecular weight excluding hydrogens is 636 g/mol. The predicted molar refractivity (Wildman–Crippen MR) is 185 cm³/mol. The van der Waals surface area contributed by atoms with Crippen molar-refractivity contribution >= 4 is 45.7 Å². The van der Waals surface area contributed by atoms with Crippen molar-refractivity contribution in [3.8, 4) is 16.9 Å². The monoisotopic (exact) mass is 680 g/mol. The third kappa shape index (κ3) is 4.99. The van der Waals surface area contributed by atoms with Crippen LogP contribution in [-0.4, -0.2) is 57.3 Å². The molecule has 9 heteroatoms. The summed E-state index contributed by atoms with van der Waals surface area (Å²) in [6.45, 7) is 10.1. The number of esters is 1. The van der Waals surface area contributed by atoms with Gasteiger partial charge in [-0.15, -0.1) is 0 Å². The molecule has 3 unspecified atom stereocenters. The lowest BCUT2D eigenvalue weighted by Gasteiger charge is -2.61. The van der Waals surface area contributed by atoms with E-state index in [1.54, 1.807) is 40.7 Å². The summed E-state index contributed by atoms with van der Waals surface area (Å²) in [5.74, 6) is -9.46. The Labute approximate surface area is 291 Å². The zero-order valence-electron chi connectivity index (χ0n) is 29.4. The van der Waals surface area contributed by atoms with Crippen LogP contribution in [0.25, 0.3) is 21.9 Å². The van der Waals surface area contributed by atoms with Gasteiger partial charge < -0.3 is 14.9 Å². The summed E-state index contributed by atoms with van der Waals surface area (Å²) in [6, 6.07) is 15.0. The number of hydrogen-bond acceptors (Lipinski definition) is 9. The van der Waals surface area contributed by atoms with E-state index in [1.807, 2.05) is 36.4 Å². The second kappa shape index (κ2) is 12.4. The van der Waals surface area contributed by atoms with Crippen molar-refractivity contribution in [2.75, 3.05) is 6.61 Å². The SMILES string of the molecule is CCOC(=O)CCCc1ccc(-c2ccc(O)c3c2C[C@]2(C)C[C@]4(C)C(C(C)C)C(=O)C(C(C)=O)C(=O)[C@]4(O)C(=O)C2C3=O)c2ccccc12. The molecule has 0 radical (unpaired) electrons. The van der Waals surface area contributed by atoms with E-state index in [1.165, 1.54) is 6.07 Å². The van der Waals surface area contributed by atoms with Gasteiger partial charge in [0, 0.05) is 17.8 Å². The van der Waals surface area contributed by atoms with Crippen molar-refractivity contribution in [3.63, 3.8) is 0 Å². The molecule has 0 heterocycles. The number of benzene rings is 3. The number of ether oxygens (including phenoxy) is 1. The highest BCUT2D eigenvalue weighted by Crippen LogP contribution is 2.64. The molecule has 0 aromatic heterocycles. The maximum Gasteiger partial charge on any atom is 0.305 e. The molecule has 0 bridgehead atoms. The summed E-state index contributed by atoms with van der Waals surface area (Å²) >= 11 is 0. The Bertz CT molecular complexity index is 1990. The fourth-order valence-electron chi connectivity index (χ4n) is 9.86. The minimum Gasteiger partial charge on any atom is -0.507 e. The van der Waals surface area contributed by atoms with E-state index in [0.717, 1.165) is 28.8 Å². The Morgan fingerprint density at radius 2 is 1.60 bits per heavy atom. The van der Waals surface area contributed by atoms with E-state index in [9.17, 15) is 39.0 Å². The fraction of sp³-hybridized carbons (Fsp3) is 0.463. The third-order valence-corrected chi connectivity index (χ3v) is 11.7.